The number of rotatable bonds is 6. The van der Waals surface area contributed by atoms with Crippen molar-refractivity contribution in [2.45, 2.75) is 0 Å². The Kier molecular flexibility index (Phi) is 49.4. The molecule has 0 spiro atoms. The van der Waals surface area contributed by atoms with Gasteiger partial charge in [0, 0.05) is 127 Å². The number of hydrogen-bond acceptors (Lipinski definition) is 6. The van der Waals surface area contributed by atoms with Crippen molar-refractivity contribution in [1.29, 1.82) is 0 Å². The molecule has 0 fully saturated rings. The summed E-state index contributed by atoms with van der Waals surface area (Å²) in [7, 11) is -5.13. The molecule has 0 amide bonds. The quantitative estimate of drug-likeness (QED) is 0.321. The van der Waals surface area contributed by atoms with E-state index in [1.54, 1.807) is 0 Å². The Labute approximate surface area is 183 Å². The molecule has 6 nitrogen and oxygen atoms in total. The van der Waals surface area contributed by atoms with Gasteiger partial charge in [-0.05, 0) is 0 Å². The van der Waals surface area contributed by atoms with Gasteiger partial charge < -0.3 is 5.11 Å². The minimum Gasteiger partial charge on any atom is -0.367 e. The Balaban J connectivity index is -0.0000000833. The first-order valence-corrected chi connectivity index (χ1v) is 4.98. The second-order valence-corrected chi connectivity index (χ2v) is 3.31. The topological polar surface area (TPSA) is 82.1 Å². The molecule has 0 aliphatic rings. The minimum atomic E-state index is -2.60. The monoisotopic (exact) mass is 314 g/mol. The van der Waals surface area contributed by atoms with E-state index in [4.69, 9.17) is 16.7 Å². The van der Waals surface area contributed by atoms with Crippen LogP contribution < -0.4 is 0 Å². The smallest absolute Gasteiger partial charge is 0.367 e. The second-order valence-electron chi connectivity index (χ2n) is 1.03. The molecule has 0 rings (SSSR count). The maximum absolute atomic E-state index is 10.4. The van der Waals surface area contributed by atoms with Gasteiger partial charge in [-0.1, -0.05) is 16.1 Å². The van der Waals surface area contributed by atoms with E-state index in [0.717, 1.165) is 0 Å². The molecule has 0 aromatic carbocycles. The fourth-order valence-corrected chi connectivity index (χ4v) is 1.41. The molecule has 0 aliphatic heterocycles. The van der Waals surface area contributed by atoms with Crippen LogP contribution in [-0.2, 0) is 22.5 Å². The normalized spacial score (nSPS) is 9.47. The third-order valence-electron chi connectivity index (χ3n) is 0.451. The van der Waals surface area contributed by atoms with Crippen molar-refractivity contribution >= 4 is 146 Å². The summed E-state index contributed by atoms with van der Waals surface area (Å²) in [6, 6.07) is -0.336. The molecule has 2 unspecified atom stereocenters. The summed E-state index contributed by atoms with van der Waals surface area (Å²) in [6.45, 7) is -0.779. The number of halogens is 1. The molecule has 0 heterocycles. The van der Waals surface area contributed by atoms with E-state index in [9.17, 15) is 9.13 Å². The second kappa shape index (κ2) is 23.4. The van der Waals surface area contributed by atoms with Gasteiger partial charge in [-0.15, -0.1) is 4.52 Å². The average Bonchev–Trinajstić information content (AvgIpc) is 1.87. The molecule has 0 saturated heterocycles. The molecule has 0 bridgehead atoms. The van der Waals surface area contributed by atoms with E-state index in [1.807, 2.05) is 0 Å². The van der Waals surface area contributed by atoms with Crippen molar-refractivity contribution in [3.63, 3.8) is 0 Å². The van der Waals surface area contributed by atoms with Gasteiger partial charge in [-0.25, -0.2) is 0 Å². The summed E-state index contributed by atoms with van der Waals surface area (Å²) in [5, 5.41) is 8.03. The molecule has 13 heteroatoms. The van der Waals surface area contributed by atoms with Gasteiger partial charge in [0.2, 0.25) is 6.79 Å². The van der Waals surface area contributed by atoms with E-state index in [2.05, 4.69) is 13.4 Å². The number of aliphatic hydroxyl groups excluding tert-OH is 1. The molecule has 68 valence electrons. The molecule has 0 aromatic heterocycles. The van der Waals surface area contributed by atoms with Gasteiger partial charge in [0.15, 0.2) is 10.4 Å². The molecule has 0 saturated carbocycles. The Morgan fingerprint density at radius 1 is 1.00 bits per heavy atom. The first-order valence-electron chi connectivity index (χ1n) is 2.26. The Hall–Kier alpha value is 4.33. The van der Waals surface area contributed by atoms with Crippen LogP contribution in [0.3, 0.4) is 0 Å². The van der Waals surface area contributed by atoms with Crippen LogP contribution in [0.4, 0.5) is 0 Å². The standard InChI is InChI=1S/C2H5ClO6P2.4Na/c3-1-7-10(5)9-11(6)8-2-4;;;;/h4H,1-2H2;;;;/q+2;;;;. The van der Waals surface area contributed by atoms with Crippen LogP contribution in [0.5, 0.6) is 0 Å². The molecule has 1 N–H and O–H groups in total. The van der Waals surface area contributed by atoms with Crippen LogP contribution in [-0.4, -0.2) is 136 Å². The first kappa shape index (κ1) is 31.6. The zero-order valence-corrected chi connectivity index (χ0v) is 19.7. The van der Waals surface area contributed by atoms with Gasteiger partial charge in [-0.2, -0.15) is 0 Å². The van der Waals surface area contributed by atoms with Crippen molar-refractivity contribution in [2.24, 2.45) is 0 Å². The third kappa shape index (κ3) is 23.8. The Morgan fingerprint density at radius 2 is 1.40 bits per heavy atom. The maximum Gasteiger partial charge on any atom is 0.750 e. The maximum atomic E-state index is 10.4. The molecule has 15 heavy (non-hydrogen) atoms. The van der Waals surface area contributed by atoms with E-state index >= 15 is 0 Å². The van der Waals surface area contributed by atoms with E-state index < -0.39 is 23.3 Å². The van der Waals surface area contributed by atoms with Crippen molar-refractivity contribution in [1.82, 2.24) is 0 Å². The van der Waals surface area contributed by atoms with E-state index in [1.165, 1.54) is 0 Å². The molecule has 0 aliphatic carbocycles. The Bertz CT molecular complexity index is 146. The van der Waals surface area contributed by atoms with Gasteiger partial charge >= 0.3 is 16.5 Å². The van der Waals surface area contributed by atoms with Crippen molar-refractivity contribution < 1.29 is 27.6 Å². The minimum absolute atomic E-state index is 0. The van der Waals surface area contributed by atoms with Gasteiger partial charge in [0.05, 0.1) is 0 Å². The molecular formula is C2H5ClNa4O6P2+2. The summed E-state index contributed by atoms with van der Waals surface area (Å²) in [6.07, 6.45) is 0. The fourth-order valence-electron chi connectivity index (χ4n) is 0.189. The zero-order chi connectivity index (χ0) is 8.69. The zero-order valence-electron chi connectivity index (χ0n) is 9.18. The third-order valence-corrected chi connectivity index (χ3v) is 2.44. The predicted molar refractivity (Wildman–Crippen MR) is 59.3 cm³/mol. The van der Waals surface area contributed by atoms with Crippen molar-refractivity contribution in [2.75, 3.05) is 12.9 Å². The molecular weight excluding hydrogens is 309 g/mol. The van der Waals surface area contributed by atoms with Gasteiger partial charge in [-0.3, -0.25) is 0 Å². The number of hydrogen-bond donors (Lipinski definition) is 1. The first-order chi connectivity index (χ1) is 5.20. The van der Waals surface area contributed by atoms with Crippen LogP contribution in [0.2, 0.25) is 0 Å². The molecule has 2 atom stereocenters. The summed E-state index contributed by atoms with van der Waals surface area (Å²) in [5.74, 6) is 0. The molecule has 0 aromatic rings. The largest absolute Gasteiger partial charge is 0.750 e. The fraction of sp³-hybridized carbons (Fsp3) is 1.00. The van der Waals surface area contributed by atoms with Gasteiger partial charge in [0.1, 0.15) is 0 Å². The van der Waals surface area contributed by atoms with Crippen molar-refractivity contribution in [3.05, 3.63) is 0 Å². The van der Waals surface area contributed by atoms with E-state index in [-0.39, 0.29) is 124 Å². The number of alkyl halides is 1. The molecule has 4 radical (unpaired) electrons. The number of aliphatic hydroxyl groups is 1. The summed E-state index contributed by atoms with van der Waals surface area (Å²) >= 11 is 4.99. The predicted octanol–water partition coefficient (Wildman–Crippen LogP) is -0.0261. The summed E-state index contributed by atoms with van der Waals surface area (Å²) in [5.41, 5.74) is 0. The van der Waals surface area contributed by atoms with Crippen molar-refractivity contribution in [3.8, 4) is 0 Å². The van der Waals surface area contributed by atoms with Crippen LogP contribution >= 0.6 is 28.1 Å². The Morgan fingerprint density at radius 3 is 1.73 bits per heavy atom. The summed E-state index contributed by atoms with van der Waals surface area (Å²) in [4.78, 5) is 0. The van der Waals surface area contributed by atoms with Crippen LogP contribution in [0.25, 0.3) is 0 Å². The van der Waals surface area contributed by atoms with Crippen LogP contribution in [0.1, 0.15) is 0 Å². The SMILES string of the molecule is O=[P+](OCO)O[P+](=O)OCCl.[Na].[Na].[Na].[Na]. The van der Waals surface area contributed by atoms with Gasteiger partial charge in [0.25, 0.3) is 0 Å². The van der Waals surface area contributed by atoms with E-state index in [0.29, 0.717) is 0 Å². The van der Waals surface area contributed by atoms with Crippen LogP contribution in [0.15, 0.2) is 0 Å². The average molecular weight is 314 g/mol. The van der Waals surface area contributed by atoms with Crippen LogP contribution in [0, 0.1) is 0 Å². The summed E-state index contributed by atoms with van der Waals surface area (Å²) < 4.78 is 33.0.